The Morgan fingerprint density at radius 2 is 1.62 bits per heavy atom. The van der Waals surface area contributed by atoms with E-state index in [9.17, 15) is 14.4 Å². The number of fused-ring (bicyclic) bond motifs is 3. The Balaban J connectivity index is 1.33. The van der Waals surface area contributed by atoms with Crippen molar-refractivity contribution in [1.82, 2.24) is 15.5 Å². The van der Waals surface area contributed by atoms with E-state index in [0.717, 1.165) is 11.1 Å². The van der Waals surface area contributed by atoms with Gasteiger partial charge in [0.15, 0.2) is 0 Å². The largest absolute Gasteiger partial charge is 0.480 e. The fourth-order valence-corrected chi connectivity index (χ4v) is 3.96. The zero-order chi connectivity index (χ0) is 24.5. The van der Waals surface area contributed by atoms with Crippen molar-refractivity contribution in [1.29, 1.82) is 0 Å². The molecule has 3 N–H and O–H groups in total. The lowest BCUT2D eigenvalue weighted by Gasteiger charge is -2.18. The van der Waals surface area contributed by atoms with Crippen LogP contribution in [-0.4, -0.2) is 81.0 Å². The van der Waals surface area contributed by atoms with Crippen LogP contribution in [0.5, 0.6) is 0 Å². The molecule has 0 spiro atoms. The Morgan fingerprint density at radius 1 is 1.00 bits per heavy atom. The summed E-state index contributed by atoms with van der Waals surface area (Å²) in [6.07, 6.45) is -0.501. The van der Waals surface area contributed by atoms with Crippen LogP contribution in [0.2, 0.25) is 0 Å². The van der Waals surface area contributed by atoms with E-state index >= 15 is 0 Å². The van der Waals surface area contributed by atoms with E-state index in [1.807, 2.05) is 24.3 Å². The van der Waals surface area contributed by atoms with Gasteiger partial charge in [0.1, 0.15) is 12.6 Å². The molecule has 1 atom stereocenters. The van der Waals surface area contributed by atoms with Gasteiger partial charge in [0.05, 0.1) is 13.2 Å². The zero-order valence-electron chi connectivity index (χ0n) is 19.5. The summed E-state index contributed by atoms with van der Waals surface area (Å²) in [6, 6.07) is 15.3. The van der Waals surface area contributed by atoms with Crippen LogP contribution >= 0.6 is 0 Å². The summed E-state index contributed by atoms with van der Waals surface area (Å²) in [4.78, 5) is 36.9. The smallest absolute Gasteiger partial charge is 0.407 e. The minimum absolute atomic E-state index is 0.00460. The number of carbonyl (C=O) groups is 3. The highest BCUT2D eigenvalue weighted by Crippen LogP contribution is 2.44. The van der Waals surface area contributed by atoms with E-state index < -0.39 is 24.0 Å². The first kappa shape index (κ1) is 25.2. The van der Waals surface area contributed by atoms with Gasteiger partial charge in [0.2, 0.25) is 5.91 Å². The monoisotopic (exact) mass is 469 g/mol. The molecule has 0 aliphatic heterocycles. The average Bonchev–Trinajstić information content (AvgIpc) is 3.13. The van der Waals surface area contributed by atoms with Crippen LogP contribution in [0.15, 0.2) is 48.5 Å². The predicted molar refractivity (Wildman–Crippen MR) is 127 cm³/mol. The van der Waals surface area contributed by atoms with Crippen molar-refractivity contribution in [2.24, 2.45) is 0 Å². The number of benzene rings is 2. The number of likely N-dealkylation sites (N-methyl/N-ethyl adjacent to an activating group) is 1. The molecule has 0 saturated heterocycles. The van der Waals surface area contributed by atoms with Gasteiger partial charge in [0, 0.05) is 25.4 Å². The molecule has 182 valence electrons. The Morgan fingerprint density at radius 3 is 2.21 bits per heavy atom. The maximum Gasteiger partial charge on any atom is 0.407 e. The molecule has 9 nitrogen and oxygen atoms in total. The van der Waals surface area contributed by atoms with Gasteiger partial charge in [-0.1, -0.05) is 48.5 Å². The maximum absolute atomic E-state index is 12.1. The standard InChI is InChI=1S/C25H31N3O6/c1-28(2)15-22(24(30)31)27-23(29)11-13-33-14-12-26-25(32)34-16-21-19-9-5-3-7-17(19)18-8-4-6-10-20(18)21/h3-10,21-22H,11-16H2,1-2H3,(H,26,32)(H,27,29)(H,30,31). The van der Waals surface area contributed by atoms with Gasteiger partial charge in [-0.3, -0.25) is 4.79 Å². The molecule has 0 saturated carbocycles. The summed E-state index contributed by atoms with van der Waals surface area (Å²) in [5.74, 6) is -1.50. The number of rotatable bonds is 12. The third-order valence-corrected chi connectivity index (χ3v) is 5.51. The highest BCUT2D eigenvalue weighted by atomic mass is 16.5. The van der Waals surface area contributed by atoms with Gasteiger partial charge in [-0.05, 0) is 36.3 Å². The van der Waals surface area contributed by atoms with Gasteiger partial charge >= 0.3 is 12.1 Å². The molecule has 0 bridgehead atoms. The number of nitrogens with zero attached hydrogens (tertiary/aromatic N) is 1. The summed E-state index contributed by atoms with van der Waals surface area (Å²) in [7, 11) is 3.46. The molecule has 1 aliphatic carbocycles. The van der Waals surface area contributed by atoms with Crippen molar-refractivity contribution in [2.75, 3.05) is 47.0 Å². The fourth-order valence-electron chi connectivity index (χ4n) is 3.96. The number of alkyl carbamates (subject to hydrolysis) is 1. The van der Waals surface area contributed by atoms with E-state index in [-0.39, 0.29) is 45.2 Å². The molecule has 34 heavy (non-hydrogen) atoms. The summed E-state index contributed by atoms with van der Waals surface area (Å²) in [6.45, 7) is 0.991. The molecule has 9 heteroatoms. The van der Waals surface area contributed by atoms with Crippen molar-refractivity contribution < 1.29 is 29.0 Å². The zero-order valence-corrected chi connectivity index (χ0v) is 19.5. The van der Waals surface area contributed by atoms with Crippen LogP contribution in [0.1, 0.15) is 23.5 Å². The molecule has 0 heterocycles. The quantitative estimate of drug-likeness (QED) is 0.407. The number of carbonyl (C=O) groups excluding carboxylic acids is 2. The van der Waals surface area contributed by atoms with Crippen LogP contribution in [-0.2, 0) is 19.1 Å². The lowest BCUT2D eigenvalue weighted by Crippen LogP contribution is -2.47. The number of carboxylic acid groups (broad SMARTS) is 1. The Bertz CT molecular complexity index is 964. The third-order valence-electron chi connectivity index (χ3n) is 5.51. The lowest BCUT2D eigenvalue weighted by atomic mass is 9.98. The first-order chi connectivity index (χ1) is 16.4. The molecule has 0 aromatic heterocycles. The first-order valence-corrected chi connectivity index (χ1v) is 11.2. The second-order valence-electron chi connectivity index (χ2n) is 8.34. The summed E-state index contributed by atoms with van der Waals surface area (Å²) >= 11 is 0. The minimum atomic E-state index is -1.09. The van der Waals surface area contributed by atoms with Gasteiger partial charge < -0.3 is 30.1 Å². The van der Waals surface area contributed by atoms with E-state index in [4.69, 9.17) is 14.6 Å². The average molecular weight is 470 g/mol. The summed E-state index contributed by atoms with van der Waals surface area (Å²) in [5, 5.41) is 14.3. The van der Waals surface area contributed by atoms with E-state index in [0.29, 0.717) is 0 Å². The number of ether oxygens (including phenoxy) is 2. The number of hydrogen-bond acceptors (Lipinski definition) is 6. The van der Waals surface area contributed by atoms with Crippen molar-refractivity contribution in [3.63, 3.8) is 0 Å². The molecule has 0 radical (unpaired) electrons. The number of carboxylic acids is 1. The third kappa shape index (κ3) is 6.79. The van der Waals surface area contributed by atoms with Crippen LogP contribution in [0.4, 0.5) is 4.79 Å². The van der Waals surface area contributed by atoms with Crippen LogP contribution in [0, 0.1) is 0 Å². The lowest BCUT2D eigenvalue weighted by molar-refractivity contribution is -0.142. The Kier molecular flexibility index (Phi) is 9.00. The van der Waals surface area contributed by atoms with Gasteiger partial charge in [-0.25, -0.2) is 9.59 Å². The first-order valence-electron chi connectivity index (χ1n) is 11.2. The highest BCUT2D eigenvalue weighted by molar-refractivity contribution is 5.83. The minimum Gasteiger partial charge on any atom is -0.480 e. The fraction of sp³-hybridized carbons (Fsp3) is 0.400. The van der Waals surface area contributed by atoms with Crippen molar-refractivity contribution in [3.05, 3.63) is 59.7 Å². The van der Waals surface area contributed by atoms with E-state index in [2.05, 4.69) is 34.9 Å². The second-order valence-corrected chi connectivity index (χ2v) is 8.34. The highest BCUT2D eigenvalue weighted by Gasteiger charge is 2.29. The molecule has 2 aromatic rings. The normalized spacial score (nSPS) is 13.1. The van der Waals surface area contributed by atoms with Crippen LogP contribution in [0.25, 0.3) is 11.1 Å². The molecular formula is C25H31N3O6. The molecular weight excluding hydrogens is 438 g/mol. The predicted octanol–water partition coefficient (Wildman–Crippen LogP) is 2.06. The maximum atomic E-state index is 12.1. The van der Waals surface area contributed by atoms with Crippen molar-refractivity contribution in [3.8, 4) is 11.1 Å². The number of hydrogen-bond donors (Lipinski definition) is 3. The summed E-state index contributed by atoms with van der Waals surface area (Å²) in [5.41, 5.74) is 4.63. The SMILES string of the molecule is CN(C)CC(NC(=O)CCOCCNC(=O)OCC1c2ccccc2-c2ccccc21)C(=O)O. The Hall–Kier alpha value is -3.43. The van der Waals surface area contributed by atoms with Crippen molar-refractivity contribution >= 4 is 18.0 Å². The van der Waals surface area contributed by atoms with Crippen molar-refractivity contribution in [2.45, 2.75) is 18.4 Å². The van der Waals surface area contributed by atoms with Gasteiger partial charge in [-0.2, -0.15) is 0 Å². The molecule has 2 aromatic carbocycles. The molecule has 1 unspecified atom stereocenters. The Labute approximate surface area is 199 Å². The molecule has 0 fully saturated rings. The topological polar surface area (TPSA) is 117 Å². The molecule has 1 aliphatic rings. The summed E-state index contributed by atoms with van der Waals surface area (Å²) < 4.78 is 10.8. The number of amides is 2. The van der Waals surface area contributed by atoms with Crippen LogP contribution < -0.4 is 10.6 Å². The van der Waals surface area contributed by atoms with Crippen LogP contribution in [0.3, 0.4) is 0 Å². The van der Waals surface area contributed by atoms with E-state index in [1.165, 1.54) is 11.1 Å². The van der Waals surface area contributed by atoms with Gasteiger partial charge in [-0.15, -0.1) is 0 Å². The van der Waals surface area contributed by atoms with Gasteiger partial charge in [0.25, 0.3) is 0 Å². The number of aliphatic carboxylic acids is 1. The molecule has 3 rings (SSSR count). The second kappa shape index (κ2) is 12.2. The number of nitrogens with one attached hydrogen (secondary N) is 2. The molecule has 2 amide bonds. The van der Waals surface area contributed by atoms with E-state index in [1.54, 1.807) is 19.0 Å².